The van der Waals surface area contributed by atoms with Crippen molar-refractivity contribution in [1.29, 1.82) is 0 Å². The smallest absolute Gasteiger partial charge is 0.227 e. The molecule has 1 aromatic rings. The molecule has 1 aromatic heterocycles. The lowest BCUT2D eigenvalue weighted by Crippen LogP contribution is -2.02. The fraction of sp³-hybridized carbons (Fsp3) is 0.167. The molecule has 0 fully saturated rings. The van der Waals surface area contributed by atoms with E-state index in [4.69, 9.17) is 22.3 Å². The third kappa shape index (κ3) is 3.11. The van der Waals surface area contributed by atoms with Crippen molar-refractivity contribution in [3.8, 4) is 0 Å². The minimum atomic E-state index is -4.12. The van der Waals surface area contributed by atoms with Crippen molar-refractivity contribution in [2.75, 3.05) is 0 Å². The molecule has 0 spiro atoms. The number of pyridine rings is 1. The van der Waals surface area contributed by atoms with Crippen LogP contribution in [-0.4, -0.2) is 13.4 Å². The lowest BCUT2D eigenvalue weighted by molar-refractivity contribution is 0.149. The minimum Gasteiger partial charge on any atom is -0.227 e. The summed E-state index contributed by atoms with van der Waals surface area (Å²) >= 11 is 6.95. The van der Waals surface area contributed by atoms with E-state index >= 15 is 0 Å². The number of nitrogens with zero attached hydrogens (tertiary/aromatic N) is 1. The van der Waals surface area contributed by atoms with Gasteiger partial charge in [0.05, 0.1) is 10.6 Å². The number of hydrogen-bond acceptors (Lipinski definition) is 3. The predicted octanol–water partition coefficient (Wildman–Crippen LogP) is 3.20. The van der Waals surface area contributed by atoms with E-state index < -0.39 is 31.1 Å². The minimum absolute atomic E-state index is 0.147. The predicted molar refractivity (Wildman–Crippen MR) is 60.0 cm³/mol. The van der Waals surface area contributed by atoms with E-state index in [9.17, 15) is 17.2 Å². The Morgan fingerprint density at radius 1 is 1.47 bits per heavy atom. The van der Waals surface area contributed by atoms with Gasteiger partial charge in [-0.15, -0.1) is 0 Å². The summed E-state index contributed by atoms with van der Waals surface area (Å²) in [6, 6.07) is 0.844. The number of rotatable bonds is 2. The Balaban J connectivity index is 3.46. The standard InChI is InChI=1S/C6H2Cl2F2INO2S/c7-3-1-2(4(9)10)5(11)12-6(3)15(8,13)14/h1,4H. The third-order valence-electron chi connectivity index (χ3n) is 1.39. The summed E-state index contributed by atoms with van der Waals surface area (Å²) in [7, 11) is 0.883. The zero-order valence-electron chi connectivity index (χ0n) is 6.72. The summed E-state index contributed by atoms with van der Waals surface area (Å²) in [6.45, 7) is 0. The summed E-state index contributed by atoms with van der Waals surface area (Å²) in [5.74, 6) is 0. The molecule has 0 saturated carbocycles. The van der Waals surface area contributed by atoms with Gasteiger partial charge in [0.1, 0.15) is 3.70 Å². The summed E-state index contributed by atoms with van der Waals surface area (Å²) < 4.78 is 46.4. The van der Waals surface area contributed by atoms with Gasteiger partial charge in [-0.1, -0.05) is 11.6 Å². The maximum absolute atomic E-state index is 12.4. The molecule has 1 heterocycles. The molecular formula is C6H2Cl2F2INO2S. The molecule has 0 aliphatic carbocycles. The first-order valence-electron chi connectivity index (χ1n) is 3.32. The highest BCUT2D eigenvalue weighted by Crippen LogP contribution is 2.30. The molecule has 0 aliphatic rings. The molecule has 0 unspecified atom stereocenters. The normalized spacial score (nSPS) is 12.1. The number of aromatic nitrogens is 1. The van der Waals surface area contributed by atoms with Crippen LogP contribution in [0.4, 0.5) is 8.78 Å². The molecule has 0 bridgehead atoms. The first kappa shape index (κ1) is 13.3. The van der Waals surface area contributed by atoms with Gasteiger partial charge in [-0.05, 0) is 28.7 Å². The van der Waals surface area contributed by atoms with Crippen LogP contribution in [0.15, 0.2) is 11.1 Å². The lowest BCUT2D eigenvalue weighted by atomic mass is 10.3. The van der Waals surface area contributed by atoms with Crippen LogP contribution < -0.4 is 0 Å². The maximum atomic E-state index is 12.4. The SMILES string of the molecule is O=S(=O)(Cl)c1nc(I)c(C(F)F)cc1Cl. The van der Waals surface area contributed by atoms with E-state index in [-0.39, 0.29) is 3.70 Å². The second-order valence-corrected chi connectivity index (χ2v) is 6.30. The van der Waals surface area contributed by atoms with Gasteiger partial charge in [-0.2, -0.15) is 0 Å². The monoisotopic (exact) mass is 387 g/mol. The van der Waals surface area contributed by atoms with Crippen molar-refractivity contribution < 1.29 is 17.2 Å². The molecular weight excluding hydrogens is 386 g/mol. The van der Waals surface area contributed by atoms with Crippen LogP contribution in [0.2, 0.25) is 5.02 Å². The molecule has 1 rings (SSSR count). The highest BCUT2D eigenvalue weighted by atomic mass is 127. The first-order chi connectivity index (χ1) is 6.73. The highest BCUT2D eigenvalue weighted by Gasteiger charge is 2.22. The van der Waals surface area contributed by atoms with Crippen molar-refractivity contribution in [3.05, 3.63) is 20.4 Å². The zero-order valence-corrected chi connectivity index (χ0v) is 11.2. The van der Waals surface area contributed by atoms with Crippen LogP contribution >= 0.6 is 44.9 Å². The molecule has 0 aliphatic heterocycles. The van der Waals surface area contributed by atoms with Crippen molar-refractivity contribution in [1.82, 2.24) is 4.98 Å². The first-order valence-corrected chi connectivity index (χ1v) is 7.09. The number of hydrogen-bond donors (Lipinski definition) is 0. The van der Waals surface area contributed by atoms with Gasteiger partial charge in [0.2, 0.25) is 0 Å². The van der Waals surface area contributed by atoms with Crippen molar-refractivity contribution in [2.24, 2.45) is 0 Å². The van der Waals surface area contributed by atoms with Gasteiger partial charge in [0.25, 0.3) is 15.5 Å². The van der Waals surface area contributed by atoms with Crippen LogP contribution in [0.5, 0.6) is 0 Å². The molecule has 3 nitrogen and oxygen atoms in total. The topological polar surface area (TPSA) is 47.0 Å². The Hall–Kier alpha value is 0.270. The fourth-order valence-corrected chi connectivity index (χ4v) is 3.01. The molecule has 0 radical (unpaired) electrons. The quantitative estimate of drug-likeness (QED) is 0.444. The van der Waals surface area contributed by atoms with Crippen LogP contribution in [0.3, 0.4) is 0 Å². The van der Waals surface area contributed by atoms with Crippen LogP contribution in [0.25, 0.3) is 0 Å². The average molecular weight is 388 g/mol. The number of alkyl halides is 2. The van der Waals surface area contributed by atoms with Crippen LogP contribution in [-0.2, 0) is 9.05 Å². The van der Waals surface area contributed by atoms with Gasteiger partial charge < -0.3 is 0 Å². The van der Waals surface area contributed by atoms with Gasteiger partial charge in [-0.3, -0.25) is 0 Å². The lowest BCUT2D eigenvalue weighted by Gasteiger charge is -2.05. The third-order valence-corrected chi connectivity index (χ3v) is 3.87. The van der Waals surface area contributed by atoms with E-state index in [1.807, 2.05) is 0 Å². The Morgan fingerprint density at radius 2 is 2.00 bits per heavy atom. The van der Waals surface area contributed by atoms with Gasteiger partial charge in [0, 0.05) is 10.7 Å². The van der Waals surface area contributed by atoms with Crippen molar-refractivity contribution in [3.63, 3.8) is 0 Å². The Labute approximate surface area is 107 Å². The van der Waals surface area contributed by atoms with Crippen molar-refractivity contribution >= 4 is 53.9 Å². The fourth-order valence-electron chi connectivity index (χ4n) is 0.789. The zero-order chi connectivity index (χ0) is 11.8. The van der Waals surface area contributed by atoms with Gasteiger partial charge in [0.15, 0.2) is 5.03 Å². The highest BCUT2D eigenvalue weighted by molar-refractivity contribution is 14.1. The summed E-state index contributed by atoms with van der Waals surface area (Å²) in [5.41, 5.74) is -0.426. The molecule has 0 saturated heterocycles. The Bertz CT molecular complexity index is 494. The molecule has 15 heavy (non-hydrogen) atoms. The average Bonchev–Trinajstić information content (AvgIpc) is 2.06. The number of halogens is 5. The second-order valence-electron chi connectivity index (χ2n) is 2.39. The van der Waals surface area contributed by atoms with Gasteiger partial charge >= 0.3 is 0 Å². The van der Waals surface area contributed by atoms with Crippen LogP contribution in [0, 0.1) is 3.70 Å². The van der Waals surface area contributed by atoms with E-state index in [1.54, 1.807) is 0 Å². The second kappa shape index (κ2) is 4.64. The summed E-state index contributed by atoms with van der Waals surface area (Å²) in [4.78, 5) is 3.42. The van der Waals surface area contributed by atoms with E-state index in [1.165, 1.54) is 22.6 Å². The van der Waals surface area contributed by atoms with Crippen molar-refractivity contribution in [2.45, 2.75) is 11.5 Å². The Morgan fingerprint density at radius 3 is 2.40 bits per heavy atom. The maximum Gasteiger partial charge on any atom is 0.280 e. The summed E-state index contributed by atoms with van der Waals surface area (Å²) in [5, 5.41) is -1.03. The molecule has 0 amide bonds. The molecule has 0 atom stereocenters. The van der Waals surface area contributed by atoms with E-state index in [0.717, 1.165) is 6.07 Å². The molecule has 84 valence electrons. The summed E-state index contributed by atoms with van der Waals surface area (Å²) in [6.07, 6.45) is -2.77. The van der Waals surface area contributed by atoms with E-state index in [2.05, 4.69) is 4.98 Å². The Kier molecular flexibility index (Phi) is 4.13. The largest absolute Gasteiger partial charge is 0.280 e. The van der Waals surface area contributed by atoms with E-state index in [0.29, 0.717) is 0 Å². The van der Waals surface area contributed by atoms with Crippen LogP contribution in [0.1, 0.15) is 12.0 Å². The molecule has 0 aromatic carbocycles. The molecule has 9 heteroatoms. The molecule has 0 N–H and O–H groups in total. The van der Waals surface area contributed by atoms with Gasteiger partial charge in [-0.25, -0.2) is 22.2 Å².